The molecule has 1 aromatic rings. The summed E-state index contributed by atoms with van der Waals surface area (Å²) in [6.45, 7) is 1.53. The summed E-state index contributed by atoms with van der Waals surface area (Å²) in [4.78, 5) is 11.6. The maximum Gasteiger partial charge on any atom is 0.529 e. The third kappa shape index (κ3) is 6.31. The lowest BCUT2D eigenvalue weighted by Crippen LogP contribution is -2.03. The Morgan fingerprint density at radius 1 is 1.24 bits per heavy atom. The first-order chi connectivity index (χ1) is 9.88. The van der Waals surface area contributed by atoms with Gasteiger partial charge in [0.05, 0.1) is 6.08 Å². The maximum atomic E-state index is 11.7. The average molecular weight is 335 g/mol. The second-order valence-corrected chi connectivity index (χ2v) is 6.14. The van der Waals surface area contributed by atoms with Crippen molar-refractivity contribution in [1.82, 2.24) is 0 Å². The van der Waals surface area contributed by atoms with Crippen molar-refractivity contribution < 1.29 is 27.7 Å². The van der Waals surface area contributed by atoms with Gasteiger partial charge in [-0.15, -0.1) is 0 Å². The molecule has 116 valence electrons. The van der Waals surface area contributed by atoms with Crippen LogP contribution in [0.3, 0.4) is 0 Å². The van der Waals surface area contributed by atoms with Crippen molar-refractivity contribution in [3.63, 3.8) is 0 Å². The number of ether oxygens (including phenoxy) is 1. The number of rotatable bonds is 7. The number of benzene rings is 1. The van der Waals surface area contributed by atoms with Gasteiger partial charge in [-0.05, 0) is 24.6 Å². The molecule has 1 aromatic carbocycles. The smallest absolute Gasteiger partial charge is 0.458 e. The molecule has 0 amide bonds. The first-order valence-electron chi connectivity index (χ1n) is 5.89. The summed E-state index contributed by atoms with van der Waals surface area (Å²) in [5.41, 5.74) is 0.791. The van der Waals surface area contributed by atoms with Gasteiger partial charge in [-0.25, -0.2) is 9.36 Å². The van der Waals surface area contributed by atoms with Crippen molar-refractivity contribution in [1.29, 1.82) is 0 Å². The largest absolute Gasteiger partial charge is 0.529 e. The highest BCUT2D eigenvalue weighted by molar-refractivity contribution is 7.48. The highest BCUT2D eigenvalue weighted by atomic mass is 35.5. The number of esters is 1. The molecule has 0 unspecified atom stereocenters. The molecule has 0 fully saturated rings. The Balaban J connectivity index is 2.54. The molecule has 8 heteroatoms. The van der Waals surface area contributed by atoms with Gasteiger partial charge in [0.1, 0.15) is 12.4 Å². The molecule has 0 bridgehead atoms. The Kier molecular flexibility index (Phi) is 6.92. The number of halogens is 1. The second-order valence-electron chi connectivity index (χ2n) is 3.89. The quantitative estimate of drug-likeness (QED) is 0.328. The van der Waals surface area contributed by atoms with Gasteiger partial charge in [-0.1, -0.05) is 23.7 Å². The Morgan fingerprint density at radius 3 is 2.33 bits per heavy atom. The molecule has 0 spiro atoms. The molecule has 6 nitrogen and oxygen atoms in total. The van der Waals surface area contributed by atoms with E-state index < -0.39 is 13.8 Å². The molecule has 0 aliphatic heterocycles. The molecule has 0 saturated carbocycles. The normalized spacial score (nSPS) is 12.1. The van der Waals surface area contributed by atoms with Gasteiger partial charge in [-0.3, -0.25) is 9.05 Å². The van der Waals surface area contributed by atoms with Crippen molar-refractivity contribution in [2.75, 3.05) is 14.2 Å². The second kappa shape index (κ2) is 8.20. The highest BCUT2D eigenvalue weighted by Crippen LogP contribution is 2.49. The van der Waals surface area contributed by atoms with E-state index in [9.17, 15) is 9.36 Å². The van der Waals surface area contributed by atoms with E-state index >= 15 is 0 Å². The van der Waals surface area contributed by atoms with Gasteiger partial charge in [0, 0.05) is 19.2 Å². The van der Waals surface area contributed by atoms with E-state index in [0.717, 1.165) is 11.6 Å². The van der Waals surface area contributed by atoms with E-state index in [0.29, 0.717) is 5.02 Å². The summed E-state index contributed by atoms with van der Waals surface area (Å²) in [6.07, 6.45) is 1.06. The summed E-state index contributed by atoms with van der Waals surface area (Å²) < 4.78 is 30.8. The van der Waals surface area contributed by atoms with E-state index in [2.05, 4.69) is 9.05 Å². The Hall–Kier alpha value is -1.33. The summed E-state index contributed by atoms with van der Waals surface area (Å²) in [6, 6.07) is 6.88. The van der Waals surface area contributed by atoms with E-state index in [1.165, 1.54) is 21.1 Å². The molecule has 0 aromatic heterocycles. The highest BCUT2D eigenvalue weighted by Gasteiger charge is 2.24. The molecule has 0 atom stereocenters. The van der Waals surface area contributed by atoms with Gasteiger partial charge in [-0.2, -0.15) is 0 Å². The lowest BCUT2D eigenvalue weighted by Gasteiger charge is -2.14. The zero-order valence-corrected chi connectivity index (χ0v) is 13.5. The first-order valence-corrected chi connectivity index (χ1v) is 7.73. The number of carbonyl (C=O) groups excluding carboxylic acids is 1. The molecule has 1 rings (SSSR count). The number of phosphoric ester groups is 1. The van der Waals surface area contributed by atoms with Crippen LogP contribution in [0.1, 0.15) is 12.5 Å². The van der Waals surface area contributed by atoms with Crippen molar-refractivity contribution in [3.8, 4) is 0 Å². The van der Waals surface area contributed by atoms with Crippen LogP contribution in [0.25, 0.3) is 0 Å². The SMILES string of the molecule is COP(=O)(OC)OC(C)=CC(=O)OCc1ccc(Cl)cc1. The van der Waals surface area contributed by atoms with E-state index in [1.54, 1.807) is 24.3 Å². The van der Waals surface area contributed by atoms with Gasteiger partial charge in [0.25, 0.3) is 0 Å². The molecular weight excluding hydrogens is 319 g/mol. The van der Waals surface area contributed by atoms with Crippen molar-refractivity contribution >= 4 is 25.4 Å². The molecule has 0 heterocycles. The van der Waals surface area contributed by atoms with Crippen molar-refractivity contribution in [2.24, 2.45) is 0 Å². The zero-order valence-electron chi connectivity index (χ0n) is 11.9. The summed E-state index contributed by atoms with van der Waals surface area (Å²) >= 11 is 5.75. The molecule has 0 aliphatic rings. The van der Waals surface area contributed by atoms with Crippen LogP contribution in [-0.4, -0.2) is 20.2 Å². The van der Waals surface area contributed by atoms with Crippen LogP contribution < -0.4 is 0 Å². The van der Waals surface area contributed by atoms with Crippen LogP contribution in [0.15, 0.2) is 36.1 Å². The number of carbonyl (C=O) groups is 1. The van der Waals surface area contributed by atoms with E-state index in [-0.39, 0.29) is 12.4 Å². The molecule has 0 saturated heterocycles. The van der Waals surface area contributed by atoms with E-state index in [1.807, 2.05) is 0 Å². The minimum atomic E-state index is -3.67. The van der Waals surface area contributed by atoms with Crippen molar-refractivity contribution in [3.05, 3.63) is 46.7 Å². The Morgan fingerprint density at radius 2 is 1.81 bits per heavy atom. The van der Waals surface area contributed by atoms with Crippen LogP contribution in [0.4, 0.5) is 0 Å². The Labute approximate surface area is 128 Å². The summed E-state index contributed by atoms with van der Waals surface area (Å²) in [5.74, 6) is -0.579. The minimum absolute atomic E-state index is 0.0585. The molecule has 0 aliphatic carbocycles. The molecule has 0 N–H and O–H groups in total. The number of hydrogen-bond donors (Lipinski definition) is 0. The topological polar surface area (TPSA) is 71.1 Å². The van der Waals surface area contributed by atoms with Crippen LogP contribution >= 0.6 is 19.4 Å². The summed E-state index contributed by atoms with van der Waals surface area (Å²) in [5, 5.41) is 0.601. The van der Waals surface area contributed by atoms with Crippen LogP contribution in [-0.2, 0) is 34.3 Å². The number of allylic oxidation sites excluding steroid dienone is 1. The molecule has 21 heavy (non-hydrogen) atoms. The van der Waals surface area contributed by atoms with Gasteiger partial charge in [0.2, 0.25) is 0 Å². The third-order valence-corrected chi connectivity index (χ3v) is 3.98. The van der Waals surface area contributed by atoms with Crippen LogP contribution in [0.2, 0.25) is 5.02 Å². The van der Waals surface area contributed by atoms with Gasteiger partial charge in [0.15, 0.2) is 0 Å². The lowest BCUT2D eigenvalue weighted by molar-refractivity contribution is -0.139. The van der Waals surface area contributed by atoms with Crippen LogP contribution in [0, 0.1) is 0 Å². The standard InChI is InChI=1S/C13H16ClO6P/c1-10(20-21(16,17-2)18-3)8-13(15)19-9-11-4-6-12(14)7-5-11/h4-8H,9H2,1-3H3. The number of phosphoric acid groups is 1. The molecule has 0 radical (unpaired) electrons. The fraction of sp³-hybridized carbons (Fsp3) is 0.308. The Bertz CT molecular complexity index is 546. The van der Waals surface area contributed by atoms with Gasteiger partial charge < -0.3 is 9.26 Å². The minimum Gasteiger partial charge on any atom is -0.458 e. The van der Waals surface area contributed by atoms with Crippen molar-refractivity contribution in [2.45, 2.75) is 13.5 Å². The fourth-order valence-corrected chi connectivity index (χ4v) is 2.12. The summed E-state index contributed by atoms with van der Waals surface area (Å²) in [7, 11) is -1.31. The first kappa shape index (κ1) is 17.7. The monoisotopic (exact) mass is 334 g/mol. The van der Waals surface area contributed by atoms with Crippen LogP contribution in [0.5, 0.6) is 0 Å². The predicted octanol–water partition coefficient (Wildman–Crippen LogP) is 3.70. The zero-order chi connectivity index (χ0) is 15.9. The maximum absolute atomic E-state index is 11.7. The third-order valence-electron chi connectivity index (χ3n) is 2.32. The lowest BCUT2D eigenvalue weighted by atomic mass is 10.2. The predicted molar refractivity (Wildman–Crippen MR) is 77.7 cm³/mol. The fourth-order valence-electron chi connectivity index (χ4n) is 1.29. The molecular formula is C13H16ClO6P. The van der Waals surface area contributed by atoms with E-state index in [4.69, 9.17) is 20.9 Å². The van der Waals surface area contributed by atoms with Gasteiger partial charge >= 0.3 is 13.8 Å². The average Bonchev–Trinajstić information content (AvgIpc) is 2.46. The number of hydrogen-bond acceptors (Lipinski definition) is 6.